The van der Waals surface area contributed by atoms with Crippen LogP contribution in [0, 0.1) is 5.92 Å². The number of benzene rings is 1. The van der Waals surface area contributed by atoms with E-state index in [0.717, 1.165) is 53.9 Å². The zero-order chi connectivity index (χ0) is 27.1. The van der Waals surface area contributed by atoms with Crippen LogP contribution in [0.25, 0.3) is 11.4 Å². The fourth-order valence-corrected chi connectivity index (χ4v) is 6.55. The number of thiophene rings is 1. The highest BCUT2D eigenvalue weighted by atomic mass is 32.2. The molecule has 2 aromatic heterocycles. The maximum absolute atomic E-state index is 12.9. The SMILES string of the molecule is C=CCn1c(SCC(=O)Nc2sc3c(c2C(=O)OC)CCC(C)C3)nnc1-c1ccc(OCCCC)cc1. The molecule has 1 atom stereocenters. The number of esters is 1. The maximum atomic E-state index is 12.9. The molecule has 38 heavy (non-hydrogen) atoms. The highest BCUT2D eigenvalue weighted by molar-refractivity contribution is 7.99. The third kappa shape index (κ3) is 6.47. The number of thioether (sulfide) groups is 1. The number of nitrogens with zero attached hydrogens (tertiary/aromatic N) is 3. The number of nitrogens with one attached hydrogen (secondary N) is 1. The number of fused-ring (bicyclic) bond motifs is 1. The Morgan fingerprint density at radius 1 is 1.29 bits per heavy atom. The number of allylic oxidation sites excluding steroid dienone is 1. The molecule has 1 N–H and O–H groups in total. The van der Waals surface area contributed by atoms with Gasteiger partial charge in [0, 0.05) is 17.0 Å². The Morgan fingerprint density at radius 3 is 2.79 bits per heavy atom. The van der Waals surface area contributed by atoms with E-state index in [1.807, 2.05) is 28.8 Å². The number of methoxy groups -OCH3 is 1. The molecule has 0 spiro atoms. The summed E-state index contributed by atoms with van der Waals surface area (Å²) >= 11 is 2.78. The van der Waals surface area contributed by atoms with Crippen molar-refractivity contribution in [2.45, 2.75) is 57.7 Å². The lowest BCUT2D eigenvalue weighted by molar-refractivity contribution is -0.113. The van der Waals surface area contributed by atoms with Gasteiger partial charge in [0.15, 0.2) is 11.0 Å². The van der Waals surface area contributed by atoms with Gasteiger partial charge in [-0.15, -0.1) is 28.1 Å². The number of carbonyl (C=O) groups excluding carboxylic acids is 2. The molecule has 0 aliphatic heterocycles. The number of hydrogen-bond acceptors (Lipinski definition) is 8. The molecule has 1 unspecified atom stereocenters. The molecule has 0 saturated heterocycles. The monoisotopic (exact) mass is 554 g/mol. The topological polar surface area (TPSA) is 95.3 Å². The number of aromatic nitrogens is 3. The summed E-state index contributed by atoms with van der Waals surface area (Å²) in [7, 11) is 1.37. The van der Waals surface area contributed by atoms with Gasteiger partial charge in [-0.1, -0.05) is 38.1 Å². The van der Waals surface area contributed by atoms with Crippen molar-refractivity contribution < 1.29 is 19.1 Å². The zero-order valence-corrected chi connectivity index (χ0v) is 23.8. The lowest BCUT2D eigenvalue weighted by atomic mass is 9.88. The second kappa shape index (κ2) is 13.1. The lowest BCUT2D eigenvalue weighted by Gasteiger charge is -2.18. The van der Waals surface area contributed by atoms with Gasteiger partial charge in [-0.3, -0.25) is 9.36 Å². The van der Waals surface area contributed by atoms with Crippen molar-refractivity contribution >= 4 is 40.0 Å². The van der Waals surface area contributed by atoms with Crippen LogP contribution in [0.4, 0.5) is 5.00 Å². The van der Waals surface area contributed by atoms with Crippen molar-refractivity contribution in [3.05, 3.63) is 52.9 Å². The highest BCUT2D eigenvalue weighted by Crippen LogP contribution is 2.40. The Labute approximate surface area is 231 Å². The first kappa shape index (κ1) is 27.9. The van der Waals surface area contributed by atoms with Crippen LogP contribution in [0.5, 0.6) is 5.75 Å². The number of ether oxygens (including phenoxy) is 2. The molecule has 0 saturated carbocycles. The molecule has 1 amide bonds. The van der Waals surface area contributed by atoms with E-state index in [4.69, 9.17) is 9.47 Å². The molecule has 3 aromatic rings. The Hall–Kier alpha value is -3.11. The summed E-state index contributed by atoms with van der Waals surface area (Å²) < 4.78 is 12.7. The lowest BCUT2D eigenvalue weighted by Crippen LogP contribution is -2.17. The van der Waals surface area contributed by atoms with Crippen LogP contribution in [0.1, 0.15) is 53.9 Å². The largest absolute Gasteiger partial charge is 0.494 e. The summed E-state index contributed by atoms with van der Waals surface area (Å²) in [4.78, 5) is 26.6. The average molecular weight is 555 g/mol. The third-order valence-electron chi connectivity index (χ3n) is 6.39. The molecule has 8 nitrogen and oxygen atoms in total. The van der Waals surface area contributed by atoms with Crippen LogP contribution in [0.2, 0.25) is 0 Å². The summed E-state index contributed by atoms with van der Waals surface area (Å²) in [5, 5.41) is 12.9. The van der Waals surface area contributed by atoms with Crippen LogP contribution >= 0.6 is 23.1 Å². The van der Waals surface area contributed by atoms with Crippen LogP contribution in [0.15, 0.2) is 42.1 Å². The minimum absolute atomic E-state index is 0.124. The van der Waals surface area contributed by atoms with Gasteiger partial charge >= 0.3 is 5.97 Å². The van der Waals surface area contributed by atoms with Gasteiger partial charge in [0.25, 0.3) is 0 Å². The first-order valence-corrected chi connectivity index (χ1v) is 14.7. The van der Waals surface area contributed by atoms with Crippen LogP contribution in [0.3, 0.4) is 0 Å². The fourth-order valence-electron chi connectivity index (χ4n) is 4.39. The van der Waals surface area contributed by atoms with Crippen molar-refractivity contribution in [1.29, 1.82) is 0 Å². The van der Waals surface area contributed by atoms with Gasteiger partial charge in [-0.05, 0) is 61.4 Å². The van der Waals surface area contributed by atoms with Crippen molar-refractivity contribution in [2.75, 3.05) is 24.8 Å². The smallest absolute Gasteiger partial charge is 0.341 e. The maximum Gasteiger partial charge on any atom is 0.341 e. The number of unbranched alkanes of at least 4 members (excludes halogenated alkanes) is 1. The summed E-state index contributed by atoms with van der Waals surface area (Å²) in [6, 6.07) is 7.77. The normalized spacial score (nSPS) is 14.6. The van der Waals surface area contributed by atoms with Gasteiger partial charge in [-0.2, -0.15) is 0 Å². The predicted molar refractivity (Wildman–Crippen MR) is 152 cm³/mol. The van der Waals surface area contributed by atoms with E-state index in [-0.39, 0.29) is 11.7 Å². The van der Waals surface area contributed by atoms with Crippen LogP contribution in [-0.2, 0) is 28.9 Å². The number of rotatable bonds is 12. The second-order valence-electron chi connectivity index (χ2n) is 9.32. The summed E-state index contributed by atoms with van der Waals surface area (Å²) in [5.41, 5.74) is 2.41. The molecule has 0 radical (unpaired) electrons. The van der Waals surface area contributed by atoms with Gasteiger partial charge in [0.05, 0.1) is 25.0 Å². The fraction of sp³-hybridized carbons (Fsp3) is 0.429. The molecule has 2 heterocycles. The van der Waals surface area contributed by atoms with Crippen LogP contribution < -0.4 is 10.1 Å². The molecule has 202 valence electrons. The molecule has 1 aromatic carbocycles. The van der Waals surface area contributed by atoms with Crippen molar-refractivity contribution in [3.8, 4) is 17.1 Å². The van der Waals surface area contributed by atoms with Gasteiger partial charge < -0.3 is 14.8 Å². The Kier molecular flexibility index (Phi) is 9.63. The molecule has 0 bridgehead atoms. The van der Waals surface area contributed by atoms with Crippen molar-refractivity contribution in [3.63, 3.8) is 0 Å². The summed E-state index contributed by atoms with van der Waals surface area (Å²) in [6.45, 7) is 9.40. The number of anilines is 1. The van der Waals surface area contributed by atoms with E-state index in [0.29, 0.717) is 40.6 Å². The second-order valence-corrected chi connectivity index (χ2v) is 11.4. The number of hydrogen-bond donors (Lipinski definition) is 1. The van der Waals surface area contributed by atoms with Gasteiger partial charge in [-0.25, -0.2) is 4.79 Å². The molecular weight excluding hydrogens is 520 g/mol. The third-order valence-corrected chi connectivity index (χ3v) is 8.53. The number of carbonyl (C=O) groups is 2. The zero-order valence-electron chi connectivity index (χ0n) is 22.1. The first-order valence-electron chi connectivity index (χ1n) is 12.9. The molecule has 4 rings (SSSR count). The summed E-state index contributed by atoms with van der Waals surface area (Å²) in [5.74, 6) is 1.58. The average Bonchev–Trinajstić information content (AvgIpc) is 3.48. The van der Waals surface area contributed by atoms with Gasteiger partial charge in [0.2, 0.25) is 5.91 Å². The van der Waals surface area contributed by atoms with E-state index < -0.39 is 5.97 Å². The first-order chi connectivity index (χ1) is 18.4. The minimum atomic E-state index is -0.405. The predicted octanol–water partition coefficient (Wildman–Crippen LogP) is 6.01. The quantitative estimate of drug-likeness (QED) is 0.127. The minimum Gasteiger partial charge on any atom is -0.494 e. The van der Waals surface area contributed by atoms with E-state index in [1.54, 1.807) is 6.08 Å². The molecule has 10 heteroatoms. The Morgan fingerprint density at radius 2 is 2.08 bits per heavy atom. The van der Waals surface area contributed by atoms with E-state index in [1.165, 1.54) is 30.2 Å². The molecule has 1 aliphatic carbocycles. The summed E-state index contributed by atoms with van der Waals surface area (Å²) in [6.07, 6.45) is 6.63. The molecule has 0 fully saturated rings. The van der Waals surface area contributed by atoms with Crippen LogP contribution in [-0.4, -0.2) is 46.1 Å². The van der Waals surface area contributed by atoms with Crippen molar-refractivity contribution in [2.24, 2.45) is 5.92 Å². The van der Waals surface area contributed by atoms with E-state index in [9.17, 15) is 9.59 Å². The molecule has 1 aliphatic rings. The Balaban J connectivity index is 1.45. The van der Waals surface area contributed by atoms with Gasteiger partial charge in [0.1, 0.15) is 10.8 Å². The highest BCUT2D eigenvalue weighted by Gasteiger charge is 2.29. The number of amides is 1. The molecular formula is C28H34N4O4S2. The van der Waals surface area contributed by atoms with Crippen molar-refractivity contribution in [1.82, 2.24) is 14.8 Å². The van der Waals surface area contributed by atoms with E-state index in [2.05, 4.69) is 35.9 Å². The standard InChI is InChI=1S/C28H34N4O4S2/c1-5-7-15-36-20-11-9-19(10-12-20)25-30-31-28(32(25)14-6-2)37-17-23(33)29-26-24(27(34)35-4)21-13-8-18(3)16-22(21)38-26/h6,9-12,18H,2,5,7-8,13-17H2,1,3-4H3,(H,29,33). The Bertz CT molecular complexity index is 1280. The van der Waals surface area contributed by atoms with E-state index >= 15 is 0 Å².